The smallest absolute Gasteiger partial charge is 0.240 e. The first-order valence-electron chi connectivity index (χ1n) is 10.7. The molecule has 0 saturated heterocycles. The van der Waals surface area contributed by atoms with Crippen LogP contribution >= 0.6 is 0 Å². The number of imidazole rings is 1. The average Bonchev–Trinajstić information content (AvgIpc) is 3.13. The van der Waals surface area contributed by atoms with Crippen LogP contribution in [0, 0.1) is 11.6 Å². The van der Waals surface area contributed by atoms with Crippen molar-refractivity contribution in [3.8, 4) is 0 Å². The van der Waals surface area contributed by atoms with Crippen LogP contribution in [0.25, 0.3) is 11.0 Å². The number of anilines is 1. The van der Waals surface area contributed by atoms with Gasteiger partial charge in [-0.3, -0.25) is 10.1 Å². The molecule has 11 heteroatoms. The predicted molar refractivity (Wildman–Crippen MR) is 122 cm³/mol. The third-order valence-electron chi connectivity index (χ3n) is 5.29. The largest absolute Gasteiger partial charge is 0.309 e. The van der Waals surface area contributed by atoms with Crippen LogP contribution in [0.2, 0.25) is 0 Å². The minimum atomic E-state index is -4.08. The molecular formula is C22H27F2N5O3S. The highest BCUT2D eigenvalue weighted by atomic mass is 32.2. The van der Waals surface area contributed by atoms with E-state index in [9.17, 15) is 22.0 Å². The molecule has 0 fully saturated rings. The van der Waals surface area contributed by atoms with Crippen molar-refractivity contribution in [3.05, 3.63) is 54.1 Å². The van der Waals surface area contributed by atoms with E-state index in [-0.39, 0.29) is 13.0 Å². The van der Waals surface area contributed by atoms with Gasteiger partial charge in [0.05, 0.1) is 15.9 Å². The fourth-order valence-corrected chi connectivity index (χ4v) is 4.44. The molecule has 33 heavy (non-hydrogen) atoms. The zero-order valence-electron chi connectivity index (χ0n) is 18.5. The minimum absolute atomic E-state index is 0.165. The van der Waals surface area contributed by atoms with Crippen LogP contribution in [0.5, 0.6) is 0 Å². The Morgan fingerprint density at radius 3 is 2.52 bits per heavy atom. The number of carbonyl (C=O) groups excluding carboxylic acids is 1. The van der Waals surface area contributed by atoms with E-state index in [1.165, 1.54) is 0 Å². The Balaban J connectivity index is 1.65. The third kappa shape index (κ3) is 6.12. The number of carbonyl (C=O) groups is 1. The fourth-order valence-electron chi connectivity index (χ4n) is 3.39. The number of nitrogens with zero attached hydrogens (tertiary/aromatic N) is 3. The summed E-state index contributed by atoms with van der Waals surface area (Å²) in [6.45, 7) is 7.17. The average molecular weight is 480 g/mol. The van der Waals surface area contributed by atoms with Crippen LogP contribution in [0.4, 0.5) is 14.7 Å². The van der Waals surface area contributed by atoms with E-state index in [0.717, 1.165) is 42.8 Å². The second-order valence-corrected chi connectivity index (χ2v) is 9.14. The maximum atomic E-state index is 13.3. The molecule has 2 aromatic carbocycles. The molecule has 0 bridgehead atoms. The normalized spacial score (nSPS) is 11.9. The van der Waals surface area contributed by atoms with Crippen LogP contribution < -0.4 is 10.0 Å². The van der Waals surface area contributed by atoms with Crippen molar-refractivity contribution in [2.75, 3.05) is 31.5 Å². The summed E-state index contributed by atoms with van der Waals surface area (Å²) in [6.07, 6.45) is -0.165. The lowest BCUT2D eigenvalue weighted by atomic mass is 10.3. The molecule has 0 spiro atoms. The zero-order chi connectivity index (χ0) is 24.0. The van der Waals surface area contributed by atoms with E-state index >= 15 is 0 Å². The lowest BCUT2D eigenvalue weighted by molar-refractivity contribution is -0.116. The summed E-state index contributed by atoms with van der Waals surface area (Å²) in [5.74, 6) is -2.45. The number of hydrogen-bond donors (Lipinski definition) is 2. The molecule has 178 valence electrons. The number of sulfonamides is 1. The van der Waals surface area contributed by atoms with Gasteiger partial charge in [0.1, 0.15) is 0 Å². The number of fused-ring (bicyclic) bond motifs is 1. The van der Waals surface area contributed by atoms with Crippen molar-refractivity contribution >= 4 is 32.9 Å². The van der Waals surface area contributed by atoms with E-state index in [2.05, 4.69) is 33.8 Å². The van der Waals surface area contributed by atoms with Crippen LogP contribution in [0.3, 0.4) is 0 Å². The second-order valence-electron chi connectivity index (χ2n) is 7.37. The van der Waals surface area contributed by atoms with Crippen LogP contribution in [0.1, 0.15) is 20.3 Å². The number of likely N-dealkylation sites (N-methyl/N-ethyl adjacent to an activating group) is 1. The summed E-state index contributed by atoms with van der Waals surface area (Å²) in [4.78, 5) is 18.8. The Labute approximate surface area is 191 Å². The van der Waals surface area contributed by atoms with E-state index in [0.29, 0.717) is 18.6 Å². The van der Waals surface area contributed by atoms with Crippen LogP contribution in [-0.4, -0.2) is 55.0 Å². The molecule has 8 nitrogen and oxygen atoms in total. The molecule has 0 aliphatic heterocycles. The van der Waals surface area contributed by atoms with E-state index in [1.807, 2.05) is 28.8 Å². The van der Waals surface area contributed by atoms with Crippen molar-refractivity contribution in [3.63, 3.8) is 0 Å². The highest BCUT2D eigenvalue weighted by Gasteiger charge is 2.18. The van der Waals surface area contributed by atoms with Gasteiger partial charge in [0, 0.05) is 26.1 Å². The molecule has 0 unspecified atom stereocenters. The van der Waals surface area contributed by atoms with Crippen molar-refractivity contribution in [2.45, 2.75) is 31.7 Å². The third-order valence-corrected chi connectivity index (χ3v) is 6.74. The second kappa shape index (κ2) is 10.8. The molecule has 3 aromatic rings. The maximum absolute atomic E-state index is 13.3. The van der Waals surface area contributed by atoms with Crippen molar-refractivity contribution in [1.82, 2.24) is 19.2 Å². The number of hydrogen-bond acceptors (Lipinski definition) is 5. The number of amides is 1. The SMILES string of the molecule is CCN(CC)CCn1c(NC(=O)CCNS(=O)(=O)c2ccc(F)c(F)c2)nc2ccccc21. The molecule has 1 amide bonds. The predicted octanol–water partition coefficient (Wildman–Crippen LogP) is 2.96. The molecule has 3 rings (SSSR count). The standard InChI is InChI=1S/C22H27F2N5O3S/c1-3-28(4-2)13-14-29-20-8-6-5-7-19(20)26-22(29)27-21(30)11-12-25-33(31,32)16-9-10-17(23)18(24)15-16/h5-10,15,25H,3-4,11-14H2,1-2H3,(H,26,27,30). The maximum Gasteiger partial charge on any atom is 0.240 e. The Kier molecular flexibility index (Phi) is 8.11. The van der Waals surface area contributed by atoms with Gasteiger partial charge in [-0.1, -0.05) is 26.0 Å². The topological polar surface area (TPSA) is 96.3 Å². The summed E-state index contributed by atoms with van der Waals surface area (Å²) in [5, 5.41) is 2.75. The Morgan fingerprint density at radius 2 is 1.82 bits per heavy atom. The molecular weight excluding hydrogens is 452 g/mol. The van der Waals surface area contributed by atoms with Crippen molar-refractivity contribution in [1.29, 1.82) is 0 Å². The lowest BCUT2D eigenvalue weighted by Gasteiger charge is -2.19. The molecule has 0 atom stereocenters. The molecule has 0 aliphatic carbocycles. The molecule has 1 aromatic heterocycles. The fraction of sp³-hybridized carbons (Fsp3) is 0.364. The number of aromatic nitrogens is 2. The minimum Gasteiger partial charge on any atom is -0.309 e. The van der Waals surface area contributed by atoms with E-state index in [4.69, 9.17) is 0 Å². The van der Waals surface area contributed by atoms with E-state index in [1.54, 1.807) is 0 Å². The van der Waals surface area contributed by atoms with Gasteiger partial charge < -0.3 is 9.47 Å². The molecule has 0 radical (unpaired) electrons. The summed E-state index contributed by atoms with van der Waals surface area (Å²) < 4.78 is 55.1. The number of halogens is 2. The zero-order valence-corrected chi connectivity index (χ0v) is 19.3. The monoisotopic (exact) mass is 479 g/mol. The molecule has 0 saturated carbocycles. The highest BCUT2D eigenvalue weighted by Crippen LogP contribution is 2.20. The number of para-hydroxylation sites is 2. The van der Waals surface area contributed by atoms with Gasteiger partial charge >= 0.3 is 0 Å². The van der Waals surface area contributed by atoms with Gasteiger partial charge in [-0.25, -0.2) is 26.9 Å². The summed E-state index contributed by atoms with van der Waals surface area (Å²) in [5.41, 5.74) is 1.63. The first-order valence-corrected chi connectivity index (χ1v) is 12.2. The van der Waals surface area contributed by atoms with Crippen molar-refractivity contribution in [2.24, 2.45) is 0 Å². The van der Waals surface area contributed by atoms with Gasteiger partial charge in [0.2, 0.25) is 21.9 Å². The summed E-state index contributed by atoms with van der Waals surface area (Å²) in [6, 6.07) is 9.83. The number of benzene rings is 2. The van der Waals surface area contributed by atoms with Crippen molar-refractivity contribution < 1.29 is 22.0 Å². The van der Waals surface area contributed by atoms with Gasteiger partial charge in [-0.15, -0.1) is 0 Å². The lowest BCUT2D eigenvalue weighted by Crippen LogP contribution is -2.29. The van der Waals surface area contributed by atoms with E-state index < -0.39 is 32.5 Å². The van der Waals surface area contributed by atoms with Crippen LogP contribution in [0.15, 0.2) is 47.4 Å². The first-order chi connectivity index (χ1) is 15.7. The van der Waals surface area contributed by atoms with Gasteiger partial charge in [0.25, 0.3) is 0 Å². The molecule has 2 N–H and O–H groups in total. The Hall–Kier alpha value is -2.89. The van der Waals surface area contributed by atoms with Crippen LogP contribution in [-0.2, 0) is 21.4 Å². The Morgan fingerprint density at radius 1 is 1.09 bits per heavy atom. The molecule has 0 aliphatic rings. The quantitative estimate of drug-likeness (QED) is 0.441. The van der Waals surface area contributed by atoms with Gasteiger partial charge in [0.15, 0.2) is 11.6 Å². The number of nitrogens with one attached hydrogen (secondary N) is 2. The Bertz CT molecular complexity index is 1230. The number of rotatable bonds is 11. The summed E-state index contributed by atoms with van der Waals surface area (Å²) in [7, 11) is -4.08. The van der Waals surface area contributed by atoms with Gasteiger partial charge in [-0.2, -0.15) is 0 Å². The highest BCUT2D eigenvalue weighted by molar-refractivity contribution is 7.89. The first kappa shape index (κ1) is 24.7. The van der Waals surface area contributed by atoms with Gasteiger partial charge in [-0.05, 0) is 43.4 Å². The molecule has 1 heterocycles. The summed E-state index contributed by atoms with van der Waals surface area (Å²) >= 11 is 0.